The van der Waals surface area contributed by atoms with Crippen LogP contribution < -0.4 is 0 Å². The first-order chi connectivity index (χ1) is 22.0. The van der Waals surface area contributed by atoms with Crippen molar-refractivity contribution >= 4 is 54.8 Å². The molecule has 0 atom stereocenters. The van der Waals surface area contributed by atoms with E-state index in [4.69, 9.17) is 9.97 Å². The predicted octanol–water partition coefficient (Wildman–Crippen LogP) is 10.6. The van der Waals surface area contributed by atoms with E-state index in [9.17, 15) is 9.90 Å². The van der Waals surface area contributed by atoms with Crippen LogP contribution in [0, 0.1) is 17.9 Å². The Hall–Kier alpha value is -3.60. The van der Waals surface area contributed by atoms with E-state index in [-0.39, 0.29) is 54.3 Å². The molecule has 1 aliphatic carbocycles. The second-order valence-corrected chi connectivity index (χ2v) is 13.9. The average molecular weight is 805 g/mol. The minimum absolute atomic E-state index is 0. The third-order valence-corrected chi connectivity index (χ3v) is 11.1. The average Bonchev–Trinajstić information content (AvgIpc) is 3.41. The number of aliphatic hydroxyl groups excluding tert-OH is 1. The van der Waals surface area contributed by atoms with Gasteiger partial charge in [-0.2, -0.15) is 0 Å². The molecule has 1 N–H and O–H groups in total. The molecule has 0 spiro atoms. The summed E-state index contributed by atoms with van der Waals surface area (Å²) in [5.41, 5.74) is 6.95. The van der Waals surface area contributed by atoms with Gasteiger partial charge in [0, 0.05) is 76.2 Å². The molecule has 0 saturated heterocycles. The van der Waals surface area contributed by atoms with Gasteiger partial charge in [0.15, 0.2) is 5.78 Å². The van der Waals surface area contributed by atoms with Crippen LogP contribution in [0.3, 0.4) is 0 Å². The molecule has 1 radical (unpaired) electrons. The number of allylic oxidation sites excluding steroid dienone is 2. The number of ketones is 1. The van der Waals surface area contributed by atoms with Crippen LogP contribution in [0.5, 0.6) is 0 Å². The summed E-state index contributed by atoms with van der Waals surface area (Å²) in [5, 5.41) is 15.6. The topological polar surface area (TPSA) is 67.5 Å². The maximum Gasteiger partial charge on any atom is 0.162 e. The molecule has 3 aromatic heterocycles. The number of aliphatic hydroxyl groups is 1. The zero-order valence-electron chi connectivity index (χ0n) is 28.9. The largest absolute Gasteiger partial charge is 0.512 e. The number of rotatable bonds is 7. The fraction of sp³-hybridized carbons (Fsp3) is 0.390. The molecule has 0 bridgehead atoms. The summed E-state index contributed by atoms with van der Waals surface area (Å²) in [5.74, 6) is 0.547. The SMILES string of the molecule is CC1(C)c2ncnc3c4[c-]c5ccccc5cc4n4c5ccccc5c(c4c23)C1(C)C.CCC(CC)C(=O)/C=C(\O)C(CC)CC.[Ir]. The van der Waals surface area contributed by atoms with Crippen molar-refractivity contribution in [2.75, 3.05) is 0 Å². The van der Waals surface area contributed by atoms with Gasteiger partial charge in [-0.1, -0.05) is 109 Å². The molecule has 5 nitrogen and oxygen atoms in total. The van der Waals surface area contributed by atoms with E-state index < -0.39 is 0 Å². The Kier molecular flexibility index (Phi) is 9.70. The van der Waals surface area contributed by atoms with Crippen molar-refractivity contribution in [1.82, 2.24) is 14.4 Å². The number of carbonyl (C=O) groups excluding carboxylic acids is 1. The number of fused-ring (bicyclic) bond motifs is 7. The van der Waals surface area contributed by atoms with Gasteiger partial charge in [0.05, 0.1) is 11.5 Å². The van der Waals surface area contributed by atoms with Crippen LogP contribution in [0.4, 0.5) is 0 Å². The van der Waals surface area contributed by atoms with Crippen molar-refractivity contribution in [2.24, 2.45) is 11.8 Å². The molecule has 0 saturated carbocycles. The fourth-order valence-electron chi connectivity index (χ4n) is 7.53. The number of benzene rings is 3. The molecular weight excluding hydrogens is 759 g/mol. The van der Waals surface area contributed by atoms with E-state index in [2.05, 4.69) is 92.8 Å². The van der Waals surface area contributed by atoms with Gasteiger partial charge < -0.3 is 9.51 Å². The third kappa shape index (κ3) is 5.38. The van der Waals surface area contributed by atoms with Crippen LogP contribution in [-0.4, -0.2) is 25.3 Å². The first kappa shape index (κ1) is 34.7. The quantitative estimate of drug-likeness (QED) is 0.0574. The number of para-hydroxylation sites is 1. The minimum Gasteiger partial charge on any atom is -0.512 e. The molecule has 0 unspecified atom stereocenters. The van der Waals surface area contributed by atoms with E-state index in [0.29, 0.717) is 0 Å². The maximum atomic E-state index is 11.7. The first-order valence-corrected chi connectivity index (χ1v) is 16.9. The van der Waals surface area contributed by atoms with Crippen molar-refractivity contribution in [3.05, 3.63) is 90.1 Å². The molecule has 3 aromatic carbocycles. The van der Waals surface area contributed by atoms with Crippen molar-refractivity contribution in [1.29, 1.82) is 0 Å². The number of hydrogen-bond donors (Lipinski definition) is 1. The van der Waals surface area contributed by atoms with Gasteiger partial charge in [-0.25, -0.2) is 4.98 Å². The normalized spacial score (nSPS) is 15.1. The Morgan fingerprint density at radius 3 is 2.19 bits per heavy atom. The molecule has 0 aliphatic heterocycles. The molecule has 6 aromatic rings. The van der Waals surface area contributed by atoms with E-state index in [1.807, 2.05) is 27.7 Å². The van der Waals surface area contributed by atoms with Gasteiger partial charge in [0.2, 0.25) is 0 Å². The van der Waals surface area contributed by atoms with Gasteiger partial charge in [-0.3, -0.25) is 9.78 Å². The monoisotopic (exact) mass is 805 g/mol. The van der Waals surface area contributed by atoms with Gasteiger partial charge in [-0.15, -0.1) is 17.5 Å². The van der Waals surface area contributed by atoms with Crippen molar-refractivity contribution < 1.29 is 30.0 Å². The van der Waals surface area contributed by atoms with Crippen LogP contribution >= 0.6 is 0 Å². The summed E-state index contributed by atoms with van der Waals surface area (Å²) in [6.45, 7) is 17.4. The zero-order chi connectivity index (χ0) is 33.0. The summed E-state index contributed by atoms with van der Waals surface area (Å²) in [7, 11) is 0. The van der Waals surface area contributed by atoms with Gasteiger partial charge >= 0.3 is 0 Å². The van der Waals surface area contributed by atoms with Gasteiger partial charge in [-0.05, 0) is 42.8 Å². The maximum absolute atomic E-state index is 11.7. The number of pyridine rings is 1. The Bertz CT molecular complexity index is 2150. The Morgan fingerprint density at radius 1 is 0.872 bits per heavy atom. The Balaban J connectivity index is 0.000000234. The molecule has 247 valence electrons. The summed E-state index contributed by atoms with van der Waals surface area (Å²) < 4.78 is 2.44. The van der Waals surface area contributed by atoms with Crippen molar-refractivity contribution in [2.45, 2.75) is 91.9 Å². The number of aromatic nitrogens is 3. The van der Waals surface area contributed by atoms with E-state index in [1.54, 1.807) is 6.33 Å². The summed E-state index contributed by atoms with van der Waals surface area (Å²) in [4.78, 5) is 21.4. The summed E-state index contributed by atoms with van der Waals surface area (Å²) >= 11 is 0. The number of carbonyl (C=O) groups is 1. The van der Waals surface area contributed by atoms with Gasteiger partial charge in [0.1, 0.15) is 6.33 Å². The zero-order valence-corrected chi connectivity index (χ0v) is 31.3. The van der Waals surface area contributed by atoms with Crippen LogP contribution in [-0.2, 0) is 35.7 Å². The van der Waals surface area contributed by atoms with E-state index >= 15 is 0 Å². The third-order valence-electron chi connectivity index (χ3n) is 11.1. The van der Waals surface area contributed by atoms with Crippen LogP contribution in [0.2, 0.25) is 0 Å². The molecule has 7 rings (SSSR count). The van der Waals surface area contributed by atoms with Crippen molar-refractivity contribution in [3.8, 4) is 0 Å². The molecule has 1 aliphatic rings. The second-order valence-electron chi connectivity index (χ2n) is 13.9. The van der Waals surface area contributed by atoms with E-state index in [0.717, 1.165) is 53.2 Å². The second kappa shape index (κ2) is 13.1. The van der Waals surface area contributed by atoms with E-state index in [1.165, 1.54) is 38.8 Å². The van der Waals surface area contributed by atoms with Gasteiger partial charge in [0.25, 0.3) is 0 Å². The first-order valence-electron chi connectivity index (χ1n) is 16.9. The fourth-order valence-corrected chi connectivity index (χ4v) is 7.53. The molecular formula is C41H46IrN3O2-. The minimum atomic E-state index is -0.143. The summed E-state index contributed by atoms with van der Waals surface area (Å²) in [6.07, 6.45) is 6.64. The number of nitrogens with zero attached hydrogens (tertiary/aromatic N) is 3. The van der Waals surface area contributed by atoms with Crippen molar-refractivity contribution in [3.63, 3.8) is 0 Å². The van der Waals surface area contributed by atoms with Crippen LogP contribution in [0.25, 0.3) is 49.0 Å². The standard InChI is InChI=1S/C28H22N3.C13H24O2.Ir/c1-27(2)23-18-11-7-8-12-20(18)31-21-14-17-10-6-5-9-16(17)13-19(21)24-22(25(23)31)26(28(27,3)4)30-15-29-24;1-5-10(6-2)12(14)9-13(15)11(7-3)8-4;/h5-12,14-15H,1-4H3;9-11,14H,5-8H2,1-4H3;/q-1;;/b;12-9-;. The summed E-state index contributed by atoms with van der Waals surface area (Å²) in [6, 6.07) is 23.3. The smallest absolute Gasteiger partial charge is 0.162 e. The molecule has 0 fully saturated rings. The molecule has 0 amide bonds. The molecule has 6 heteroatoms. The Labute approximate surface area is 291 Å². The number of hydrogen-bond acceptors (Lipinski definition) is 4. The molecule has 47 heavy (non-hydrogen) atoms. The Morgan fingerprint density at radius 2 is 1.51 bits per heavy atom. The molecule has 3 heterocycles. The van der Waals surface area contributed by atoms with Crippen LogP contribution in [0.1, 0.15) is 92.3 Å². The van der Waals surface area contributed by atoms with Crippen LogP contribution in [0.15, 0.2) is 72.8 Å². The predicted molar refractivity (Wildman–Crippen MR) is 192 cm³/mol.